The fourth-order valence-electron chi connectivity index (χ4n) is 3.24. The normalized spacial score (nSPS) is 25.7. The number of carbonyl (C=O) groups is 1. The van der Waals surface area contributed by atoms with Crippen LogP contribution >= 0.6 is 0 Å². The van der Waals surface area contributed by atoms with Gasteiger partial charge in [0.2, 0.25) is 0 Å². The van der Waals surface area contributed by atoms with Gasteiger partial charge in [0.25, 0.3) is 0 Å². The number of methoxy groups -OCH3 is 1. The molecule has 2 unspecified atom stereocenters. The van der Waals surface area contributed by atoms with Gasteiger partial charge >= 0.3 is 5.97 Å². The number of hydrogen-bond acceptors (Lipinski definition) is 5. The lowest BCUT2D eigenvalue weighted by molar-refractivity contribution is -0.150. The minimum Gasteiger partial charge on any atom is -0.468 e. The molecule has 0 radical (unpaired) electrons. The van der Waals surface area contributed by atoms with Crippen LogP contribution in [0.4, 0.5) is 0 Å². The van der Waals surface area contributed by atoms with E-state index in [-0.39, 0.29) is 5.97 Å². The summed E-state index contributed by atoms with van der Waals surface area (Å²) in [5.74, 6) is 0.270. The molecule has 1 saturated carbocycles. The molecule has 2 fully saturated rings. The summed E-state index contributed by atoms with van der Waals surface area (Å²) < 4.78 is 10.8. The topological polar surface area (TPSA) is 50.8 Å². The predicted octanol–water partition coefficient (Wildman–Crippen LogP) is 1.03. The Balaban J connectivity index is 2.02. The first-order valence-electron chi connectivity index (χ1n) is 7.77. The molecule has 5 nitrogen and oxygen atoms in total. The molecular weight excluding hydrogens is 256 g/mol. The maximum absolute atomic E-state index is 12.3. The predicted molar refractivity (Wildman–Crippen MR) is 77.6 cm³/mol. The number of nitrogens with one attached hydrogen (secondary N) is 1. The third-order valence-corrected chi connectivity index (χ3v) is 4.68. The van der Waals surface area contributed by atoms with Gasteiger partial charge in [0.1, 0.15) is 5.54 Å². The second-order valence-corrected chi connectivity index (χ2v) is 5.95. The van der Waals surface area contributed by atoms with E-state index in [0.717, 1.165) is 45.4 Å². The number of nitrogens with zero attached hydrogens (tertiary/aromatic N) is 1. The van der Waals surface area contributed by atoms with E-state index in [4.69, 9.17) is 9.47 Å². The molecule has 2 atom stereocenters. The average molecular weight is 284 g/mol. The number of esters is 1. The first-order valence-corrected chi connectivity index (χ1v) is 7.77. The summed E-state index contributed by atoms with van der Waals surface area (Å²) in [7, 11) is 3.35. The van der Waals surface area contributed by atoms with Crippen molar-refractivity contribution in [2.45, 2.75) is 44.2 Å². The molecule has 116 valence electrons. The van der Waals surface area contributed by atoms with Gasteiger partial charge in [0.05, 0.1) is 13.2 Å². The van der Waals surface area contributed by atoms with Gasteiger partial charge in [-0.3, -0.25) is 4.90 Å². The van der Waals surface area contributed by atoms with E-state index in [1.54, 1.807) is 0 Å². The van der Waals surface area contributed by atoms with Crippen molar-refractivity contribution in [2.24, 2.45) is 5.92 Å². The Bertz CT molecular complexity index is 327. The zero-order valence-electron chi connectivity index (χ0n) is 13.0. The first-order chi connectivity index (χ1) is 9.66. The highest BCUT2D eigenvalue weighted by molar-refractivity contribution is 5.82. The molecule has 0 spiro atoms. The summed E-state index contributed by atoms with van der Waals surface area (Å²) >= 11 is 0. The third-order valence-electron chi connectivity index (χ3n) is 4.68. The molecule has 0 aromatic rings. The number of likely N-dealkylation sites (N-methyl/N-ethyl adjacent to an activating group) is 2. The quantitative estimate of drug-likeness (QED) is 0.675. The Morgan fingerprint density at radius 2 is 2.20 bits per heavy atom. The Labute approximate surface area is 122 Å². The molecule has 1 saturated heterocycles. The summed E-state index contributed by atoms with van der Waals surface area (Å²) in [5, 5.41) is 3.26. The van der Waals surface area contributed by atoms with Gasteiger partial charge in [-0.2, -0.15) is 0 Å². The van der Waals surface area contributed by atoms with Crippen molar-refractivity contribution in [3.8, 4) is 0 Å². The van der Waals surface area contributed by atoms with Gasteiger partial charge in [0, 0.05) is 19.7 Å². The molecule has 1 heterocycles. The highest BCUT2D eigenvalue weighted by Crippen LogP contribution is 2.41. The lowest BCUT2D eigenvalue weighted by Gasteiger charge is -2.36. The van der Waals surface area contributed by atoms with Gasteiger partial charge in [0.15, 0.2) is 0 Å². The van der Waals surface area contributed by atoms with Crippen LogP contribution in [0.3, 0.4) is 0 Å². The van der Waals surface area contributed by atoms with Crippen LogP contribution < -0.4 is 5.32 Å². The van der Waals surface area contributed by atoms with Crippen molar-refractivity contribution >= 4 is 5.97 Å². The van der Waals surface area contributed by atoms with E-state index in [9.17, 15) is 4.79 Å². The summed E-state index contributed by atoms with van der Waals surface area (Å²) in [6, 6.07) is 0. The maximum Gasteiger partial charge on any atom is 0.327 e. The molecule has 2 aliphatic rings. The standard InChI is InChI=1S/C15H28N2O3/c1-4-17(10-13-6-5-9-20-13)11-15(16-2,12-7-8-12)14(18)19-3/h12-13,16H,4-11H2,1-3H3. The van der Waals surface area contributed by atoms with Gasteiger partial charge in [-0.05, 0) is 45.2 Å². The van der Waals surface area contributed by atoms with E-state index < -0.39 is 5.54 Å². The van der Waals surface area contributed by atoms with Crippen molar-refractivity contribution in [2.75, 3.05) is 40.4 Å². The third kappa shape index (κ3) is 3.32. The molecular formula is C15H28N2O3. The largest absolute Gasteiger partial charge is 0.468 e. The fraction of sp³-hybridized carbons (Fsp3) is 0.933. The van der Waals surface area contributed by atoms with Crippen molar-refractivity contribution in [3.63, 3.8) is 0 Å². The SMILES string of the molecule is CCN(CC1CCCO1)CC(NC)(C(=O)OC)C1CC1. The lowest BCUT2D eigenvalue weighted by atomic mass is 9.92. The van der Waals surface area contributed by atoms with Crippen LogP contribution in [0.15, 0.2) is 0 Å². The van der Waals surface area contributed by atoms with Crippen molar-refractivity contribution in [1.29, 1.82) is 0 Å². The average Bonchev–Trinajstić information content (AvgIpc) is 3.21. The minimum atomic E-state index is -0.552. The van der Waals surface area contributed by atoms with E-state index in [0.29, 0.717) is 18.6 Å². The number of hydrogen-bond donors (Lipinski definition) is 1. The van der Waals surface area contributed by atoms with Crippen LogP contribution in [0.2, 0.25) is 0 Å². The first kappa shape index (κ1) is 15.7. The van der Waals surface area contributed by atoms with Crippen LogP contribution in [0, 0.1) is 5.92 Å². The highest BCUT2D eigenvalue weighted by Gasteiger charge is 2.51. The molecule has 0 amide bonds. The van der Waals surface area contributed by atoms with Crippen LogP contribution in [0.25, 0.3) is 0 Å². The Morgan fingerprint density at radius 1 is 1.45 bits per heavy atom. The van der Waals surface area contributed by atoms with Crippen LogP contribution in [-0.2, 0) is 14.3 Å². The van der Waals surface area contributed by atoms with Gasteiger partial charge in [-0.15, -0.1) is 0 Å². The molecule has 0 bridgehead atoms. The Kier molecular flexibility index (Phi) is 5.41. The smallest absolute Gasteiger partial charge is 0.327 e. The molecule has 5 heteroatoms. The van der Waals surface area contributed by atoms with Crippen LogP contribution in [0.1, 0.15) is 32.6 Å². The zero-order chi connectivity index (χ0) is 14.6. The van der Waals surface area contributed by atoms with Crippen molar-refractivity contribution in [3.05, 3.63) is 0 Å². The van der Waals surface area contributed by atoms with Gasteiger partial charge < -0.3 is 14.8 Å². The lowest BCUT2D eigenvalue weighted by Crippen LogP contribution is -2.60. The summed E-state index contributed by atoms with van der Waals surface area (Å²) in [4.78, 5) is 14.6. The Morgan fingerprint density at radius 3 is 2.65 bits per heavy atom. The van der Waals surface area contributed by atoms with E-state index in [2.05, 4.69) is 17.1 Å². The van der Waals surface area contributed by atoms with Crippen LogP contribution in [0.5, 0.6) is 0 Å². The number of carbonyl (C=O) groups excluding carboxylic acids is 1. The number of rotatable bonds is 8. The van der Waals surface area contributed by atoms with Gasteiger partial charge in [-0.25, -0.2) is 4.79 Å². The van der Waals surface area contributed by atoms with E-state index in [1.807, 2.05) is 7.05 Å². The molecule has 20 heavy (non-hydrogen) atoms. The van der Waals surface area contributed by atoms with E-state index in [1.165, 1.54) is 7.11 Å². The number of ether oxygens (including phenoxy) is 2. The molecule has 0 aromatic heterocycles. The monoisotopic (exact) mass is 284 g/mol. The minimum absolute atomic E-state index is 0.131. The van der Waals surface area contributed by atoms with Crippen molar-refractivity contribution in [1.82, 2.24) is 10.2 Å². The zero-order valence-corrected chi connectivity index (χ0v) is 13.0. The summed E-state index contributed by atoms with van der Waals surface area (Å²) in [6.45, 7) is 5.55. The molecule has 1 aliphatic carbocycles. The maximum atomic E-state index is 12.3. The summed E-state index contributed by atoms with van der Waals surface area (Å²) in [6.07, 6.45) is 4.81. The van der Waals surface area contributed by atoms with Crippen LogP contribution in [-0.4, -0.2) is 62.9 Å². The molecule has 1 N–H and O–H groups in total. The second-order valence-electron chi connectivity index (χ2n) is 5.95. The Hall–Kier alpha value is -0.650. The van der Waals surface area contributed by atoms with Crippen molar-refractivity contribution < 1.29 is 14.3 Å². The fourth-order valence-corrected chi connectivity index (χ4v) is 3.24. The molecule has 1 aliphatic heterocycles. The highest BCUT2D eigenvalue weighted by atomic mass is 16.5. The molecule has 0 aromatic carbocycles. The van der Waals surface area contributed by atoms with Gasteiger partial charge in [-0.1, -0.05) is 6.92 Å². The van der Waals surface area contributed by atoms with E-state index >= 15 is 0 Å². The second kappa shape index (κ2) is 6.87. The molecule has 2 rings (SSSR count). The summed E-state index contributed by atoms with van der Waals surface area (Å²) in [5.41, 5.74) is -0.552.